The average Bonchev–Trinajstić information content (AvgIpc) is 2.85. The Hall–Kier alpha value is -0.440. The molecule has 0 aromatic heterocycles. The third kappa shape index (κ3) is 5.64. The van der Waals surface area contributed by atoms with Gasteiger partial charge >= 0.3 is 7.60 Å². The van der Waals surface area contributed by atoms with Crippen molar-refractivity contribution in [3.8, 4) is 0 Å². The van der Waals surface area contributed by atoms with Gasteiger partial charge in [-0.25, -0.2) is 0 Å². The number of hydrogen-bond donors (Lipinski definition) is 0. The molecule has 0 bridgehead atoms. The largest absolute Gasteiger partial charge is 0.364 e. The molecule has 0 unspecified atom stereocenters. The van der Waals surface area contributed by atoms with Gasteiger partial charge in [0.2, 0.25) is 0 Å². The van der Waals surface area contributed by atoms with Crippen LogP contribution in [0.15, 0.2) is 10.9 Å². The van der Waals surface area contributed by atoms with Crippen molar-refractivity contribution in [2.24, 2.45) is 0 Å². The second-order valence-electron chi connectivity index (χ2n) is 5.73. The maximum absolute atomic E-state index is 12.9. The zero-order valence-corrected chi connectivity index (χ0v) is 15.3. The van der Waals surface area contributed by atoms with E-state index in [0.29, 0.717) is 31.4 Å². The van der Waals surface area contributed by atoms with Gasteiger partial charge in [-0.3, -0.25) is 9.36 Å². The molecule has 5 heteroatoms. The molecule has 0 fully saturated rings. The van der Waals surface area contributed by atoms with Gasteiger partial charge in [-0.15, -0.1) is 0 Å². The van der Waals surface area contributed by atoms with E-state index in [1.165, 1.54) is 32.1 Å². The summed E-state index contributed by atoms with van der Waals surface area (Å²) in [5, 5.41) is 0.366. The molecule has 0 aromatic rings. The first-order valence-electron chi connectivity index (χ1n) is 8.73. The zero-order chi connectivity index (χ0) is 16.4. The molecule has 0 aromatic carbocycles. The number of unbranched alkanes of at least 4 members (excludes halogenated alkanes) is 5. The zero-order valence-electron chi connectivity index (χ0n) is 14.4. The van der Waals surface area contributed by atoms with Crippen molar-refractivity contribution in [2.45, 2.75) is 78.6 Å². The second-order valence-corrected chi connectivity index (χ2v) is 7.68. The lowest BCUT2D eigenvalue weighted by atomic mass is 10.0. The van der Waals surface area contributed by atoms with Crippen LogP contribution in [0.2, 0.25) is 0 Å². The van der Waals surface area contributed by atoms with Crippen molar-refractivity contribution < 1.29 is 18.4 Å². The fraction of sp³-hybridized carbons (Fsp3) is 0.824. The number of ketones is 1. The Kier molecular flexibility index (Phi) is 9.23. The summed E-state index contributed by atoms with van der Waals surface area (Å²) in [6.45, 7) is 6.34. The molecule has 0 heterocycles. The minimum absolute atomic E-state index is 0.0498. The molecule has 1 aliphatic rings. The van der Waals surface area contributed by atoms with Crippen molar-refractivity contribution in [2.75, 3.05) is 13.2 Å². The molecule has 0 atom stereocenters. The molecule has 4 nitrogen and oxygen atoms in total. The fourth-order valence-corrected chi connectivity index (χ4v) is 4.95. The Bertz CT molecular complexity index is 418. The molecule has 0 N–H and O–H groups in total. The quantitative estimate of drug-likeness (QED) is 0.344. The van der Waals surface area contributed by atoms with Crippen molar-refractivity contribution in [3.63, 3.8) is 0 Å². The van der Waals surface area contributed by atoms with Crippen molar-refractivity contribution in [1.29, 1.82) is 0 Å². The Morgan fingerprint density at radius 3 is 2.09 bits per heavy atom. The van der Waals surface area contributed by atoms with E-state index in [2.05, 4.69) is 6.92 Å². The molecule has 0 amide bonds. The topological polar surface area (TPSA) is 52.6 Å². The molecule has 0 saturated heterocycles. The number of carbonyl (C=O) groups excluding carboxylic acids is 1. The summed E-state index contributed by atoms with van der Waals surface area (Å²) in [5.41, 5.74) is 1.01. The van der Waals surface area contributed by atoms with Gasteiger partial charge in [-0.2, -0.15) is 0 Å². The highest BCUT2D eigenvalue weighted by atomic mass is 31.2. The minimum atomic E-state index is -3.42. The third-order valence-electron chi connectivity index (χ3n) is 3.96. The Labute approximate surface area is 135 Å². The van der Waals surface area contributed by atoms with Crippen LogP contribution in [0, 0.1) is 0 Å². The van der Waals surface area contributed by atoms with Gasteiger partial charge in [-0.05, 0) is 33.1 Å². The molecule has 128 valence electrons. The summed E-state index contributed by atoms with van der Waals surface area (Å²) in [6, 6.07) is 0. The van der Waals surface area contributed by atoms with E-state index < -0.39 is 7.60 Å². The normalized spacial score (nSPS) is 15.9. The van der Waals surface area contributed by atoms with E-state index in [4.69, 9.17) is 9.05 Å². The predicted molar refractivity (Wildman–Crippen MR) is 90.1 cm³/mol. The average molecular weight is 330 g/mol. The molecular formula is C17H31O4P. The smallest absolute Gasteiger partial charge is 0.305 e. The summed E-state index contributed by atoms with van der Waals surface area (Å²) in [4.78, 5) is 12.2. The summed E-state index contributed by atoms with van der Waals surface area (Å²) in [7, 11) is -3.42. The molecule has 0 aliphatic heterocycles. The lowest BCUT2D eigenvalue weighted by Crippen LogP contribution is -2.05. The van der Waals surface area contributed by atoms with Crippen LogP contribution in [0.4, 0.5) is 0 Å². The number of carbonyl (C=O) groups is 1. The van der Waals surface area contributed by atoms with Crippen LogP contribution < -0.4 is 0 Å². The number of rotatable bonds is 12. The molecule has 1 rings (SSSR count). The van der Waals surface area contributed by atoms with Crippen molar-refractivity contribution in [1.82, 2.24) is 0 Å². The van der Waals surface area contributed by atoms with E-state index in [-0.39, 0.29) is 5.78 Å². The number of Topliss-reactive ketones (excluding diaryl/α,β-unsaturated/α-hetero) is 1. The summed E-state index contributed by atoms with van der Waals surface area (Å²) in [5.74, 6) is -0.0498. The van der Waals surface area contributed by atoms with Crippen LogP contribution in [0.5, 0.6) is 0 Å². The van der Waals surface area contributed by atoms with E-state index in [1.807, 2.05) is 0 Å². The highest BCUT2D eigenvalue weighted by Crippen LogP contribution is 2.60. The summed E-state index contributed by atoms with van der Waals surface area (Å²) in [6.07, 6.45) is 9.27. The van der Waals surface area contributed by atoms with E-state index in [9.17, 15) is 9.36 Å². The first-order valence-corrected chi connectivity index (χ1v) is 10.3. The van der Waals surface area contributed by atoms with Crippen LogP contribution in [-0.4, -0.2) is 19.0 Å². The molecular weight excluding hydrogens is 299 g/mol. The Balaban J connectivity index is 2.69. The van der Waals surface area contributed by atoms with Gasteiger partial charge in [0.25, 0.3) is 0 Å². The Morgan fingerprint density at radius 1 is 0.909 bits per heavy atom. The molecule has 22 heavy (non-hydrogen) atoms. The maximum atomic E-state index is 12.9. The molecule has 1 aliphatic carbocycles. The van der Waals surface area contributed by atoms with Crippen molar-refractivity contribution >= 4 is 13.4 Å². The SMILES string of the molecule is CCCCCCCCC1=C(P(=O)(OCC)OCC)C(=O)CC1. The Morgan fingerprint density at radius 2 is 1.50 bits per heavy atom. The lowest BCUT2D eigenvalue weighted by Gasteiger charge is -2.19. The van der Waals surface area contributed by atoms with Gasteiger partial charge in [0.05, 0.1) is 13.2 Å². The van der Waals surface area contributed by atoms with Crippen molar-refractivity contribution in [3.05, 3.63) is 10.9 Å². The van der Waals surface area contributed by atoms with Crippen LogP contribution in [0.1, 0.15) is 78.6 Å². The third-order valence-corrected chi connectivity index (χ3v) is 6.27. The highest BCUT2D eigenvalue weighted by Gasteiger charge is 2.39. The fourth-order valence-electron chi connectivity index (χ4n) is 2.91. The van der Waals surface area contributed by atoms with E-state index in [0.717, 1.165) is 18.4 Å². The highest BCUT2D eigenvalue weighted by molar-refractivity contribution is 7.60. The van der Waals surface area contributed by atoms with Crippen LogP contribution in [0.3, 0.4) is 0 Å². The maximum Gasteiger partial charge on any atom is 0.364 e. The minimum Gasteiger partial charge on any atom is -0.305 e. The van der Waals surface area contributed by atoms with Gasteiger partial charge < -0.3 is 9.05 Å². The number of hydrogen-bond acceptors (Lipinski definition) is 4. The summed E-state index contributed by atoms with van der Waals surface area (Å²) < 4.78 is 23.6. The lowest BCUT2D eigenvalue weighted by molar-refractivity contribution is -0.114. The van der Waals surface area contributed by atoms with Gasteiger partial charge in [-0.1, -0.05) is 44.6 Å². The van der Waals surface area contributed by atoms with E-state index in [1.54, 1.807) is 13.8 Å². The first kappa shape index (κ1) is 19.6. The standard InChI is InChI=1S/C17H31O4P/c1-4-7-8-9-10-11-12-15-13-14-16(18)17(15)22(19,20-5-2)21-6-3/h4-14H2,1-3H3. The monoisotopic (exact) mass is 330 g/mol. The van der Waals surface area contributed by atoms with Crippen LogP contribution in [-0.2, 0) is 18.4 Å². The van der Waals surface area contributed by atoms with Gasteiger partial charge in [0.15, 0.2) is 5.78 Å². The number of allylic oxidation sites excluding steroid dienone is 2. The second kappa shape index (κ2) is 10.4. The van der Waals surface area contributed by atoms with Crippen LogP contribution >= 0.6 is 7.60 Å². The predicted octanol–water partition coefficient (Wildman–Crippen LogP) is 5.62. The van der Waals surface area contributed by atoms with E-state index >= 15 is 0 Å². The van der Waals surface area contributed by atoms with Gasteiger partial charge in [0.1, 0.15) is 5.31 Å². The summed E-state index contributed by atoms with van der Waals surface area (Å²) >= 11 is 0. The van der Waals surface area contributed by atoms with Gasteiger partial charge in [0, 0.05) is 6.42 Å². The molecule has 0 spiro atoms. The first-order chi connectivity index (χ1) is 10.6. The van der Waals surface area contributed by atoms with Crippen LogP contribution in [0.25, 0.3) is 0 Å². The molecule has 0 radical (unpaired) electrons. The molecule has 0 saturated carbocycles.